The molecule has 0 saturated heterocycles. The van der Waals surface area contributed by atoms with Gasteiger partial charge in [0, 0.05) is 7.11 Å². The highest BCUT2D eigenvalue weighted by Gasteiger charge is 2.28. The monoisotopic (exact) mass is 251 g/mol. The number of ether oxygens (including phenoxy) is 1. The fourth-order valence-electron chi connectivity index (χ4n) is 1.51. The van der Waals surface area contributed by atoms with Gasteiger partial charge >= 0.3 is 0 Å². The summed E-state index contributed by atoms with van der Waals surface area (Å²) in [7, 11) is 1.49. The molecule has 0 unspecified atom stereocenters. The number of nitrogens with one attached hydrogen (secondary N) is 1. The Morgan fingerprint density at radius 2 is 2.00 bits per heavy atom. The van der Waals surface area contributed by atoms with Crippen molar-refractivity contribution >= 4 is 5.91 Å². The van der Waals surface area contributed by atoms with E-state index < -0.39 is 5.60 Å². The summed E-state index contributed by atoms with van der Waals surface area (Å²) < 4.78 is 5.10. The Balaban J connectivity index is 2.60. The molecule has 0 saturated carbocycles. The number of amides is 1. The maximum absolute atomic E-state index is 11.9. The number of carbonyl (C=O) groups excluding carboxylic acids is 1. The molecule has 2 N–H and O–H groups in total. The van der Waals surface area contributed by atoms with Gasteiger partial charge in [0.2, 0.25) is 0 Å². The molecular weight excluding hydrogens is 230 g/mol. The Bertz CT molecular complexity index is 376. The first-order valence-corrected chi connectivity index (χ1v) is 6.00. The number of carbonyl (C=O) groups is 1. The van der Waals surface area contributed by atoms with Crippen LogP contribution in [0.15, 0.2) is 30.3 Å². The molecule has 1 amide bonds. The molecule has 100 valence electrons. The van der Waals surface area contributed by atoms with Crippen LogP contribution >= 0.6 is 0 Å². The molecule has 0 fully saturated rings. The molecule has 0 aliphatic heterocycles. The lowest BCUT2D eigenvalue weighted by Crippen LogP contribution is -2.49. The minimum Gasteiger partial charge on any atom is -0.394 e. The van der Waals surface area contributed by atoms with Crippen LogP contribution in [0.4, 0.5) is 0 Å². The van der Waals surface area contributed by atoms with E-state index in [0.29, 0.717) is 6.42 Å². The second kappa shape index (κ2) is 6.52. The average molecular weight is 251 g/mol. The van der Waals surface area contributed by atoms with Crippen LogP contribution < -0.4 is 5.32 Å². The molecule has 0 spiro atoms. The summed E-state index contributed by atoms with van der Waals surface area (Å²) in [6.07, 6.45) is 0.600. The van der Waals surface area contributed by atoms with Crippen LogP contribution in [-0.2, 0) is 16.0 Å². The summed E-state index contributed by atoms with van der Waals surface area (Å²) in [5, 5.41) is 12.1. The van der Waals surface area contributed by atoms with Crippen LogP contribution in [0.25, 0.3) is 0 Å². The molecule has 0 bridgehead atoms. The van der Waals surface area contributed by atoms with E-state index in [9.17, 15) is 9.90 Å². The van der Waals surface area contributed by atoms with Gasteiger partial charge in [0.15, 0.2) is 0 Å². The number of rotatable bonds is 6. The molecular formula is C14H21NO3. The fraction of sp³-hybridized carbons (Fsp3) is 0.500. The van der Waals surface area contributed by atoms with Crippen molar-refractivity contribution in [2.75, 3.05) is 13.7 Å². The van der Waals surface area contributed by atoms with Gasteiger partial charge in [-0.2, -0.15) is 0 Å². The summed E-state index contributed by atoms with van der Waals surface area (Å²) in [4.78, 5) is 11.9. The predicted octanol–water partition coefficient (Wildman–Crippen LogP) is 1.13. The van der Waals surface area contributed by atoms with Crippen molar-refractivity contribution in [2.45, 2.75) is 31.9 Å². The summed E-state index contributed by atoms with van der Waals surface area (Å²) in [5.74, 6) is -0.222. The van der Waals surface area contributed by atoms with Gasteiger partial charge in [0.05, 0.1) is 12.6 Å². The first kappa shape index (κ1) is 14.7. The van der Waals surface area contributed by atoms with Crippen molar-refractivity contribution in [2.24, 2.45) is 0 Å². The zero-order chi connectivity index (χ0) is 13.6. The van der Waals surface area contributed by atoms with E-state index >= 15 is 0 Å². The third kappa shape index (κ3) is 4.13. The van der Waals surface area contributed by atoms with Gasteiger partial charge in [-0.1, -0.05) is 30.3 Å². The Hall–Kier alpha value is -1.39. The van der Waals surface area contributed by atoms with E-state index in [1.165, 1.54) is 7.11 Å². The predicted molar refractivity (Wildman–Crippen MR) is 70.3 cm³/mol. The van der Waals surface area contributed by atoms with Gasteiger partial charge in [-0.05, 0) is 25.8 Å². The van der Waals surface area contributed by atoms with Crippen molar-refractivity contribution in [1.29, 1.82) is 0 Å². The molecule has 0 heterocycles. The number of aliphatic hydroxyl groups excluding tert-OH is 1. The van der Waals surface area contributed by atoms with Gasteiger partial charge in [-0.3, -0.25) is 4.79 Å². The summed E-state index contributed by atoms with van der Waals surface area (Å²) >= 11 is 0. The minimum atomic E-state index is -0.885. The summed E-state index contributed by atoms with van der Waals surface area (Å²) in [6, 6.07) is 9.45. The largest absolute Gasteiger partial charge is 0.394 e. The van der Waals surface area contributed by atoms with Crippen molar-refractivity contribution in [3.05, 3.63) is 35.9 Å². The van der Waals surface area contributed by atoms with Gasteiger partial charge in [0.1, 0.15) is 5.60 Å². The maximum Gasteiger partial charge on any atom is 0.251 e. The Morgan fingerprint density at radius 3 is 2.50 bits per heavy atom. The second-order valence-electron chi connectivity index (χ2n) is 4.76. The molecule has 4 heteroatoms. The van der Waals surface area contributed by atoms with E-state index in [1.807, 2.05) is 30.3 Å². The van der Waals surface area contributed by atoms with Crippen LogP contribution in [0, 0.1) is 0 Å². The summed E-state index contributed by atoms with van der Waals surface area (Å²) in [6.45, 7) is 3.29. The highest BCUT2D eigenvalue weighted by molar-refractivity contribution is 5.84. The second-order valence-corrected chi connectivity index (χ2v) is 4.76. The standard InChI is InChI=1S/C14H21NO3/c1-14(2,18-3)13(17)15-12(10-16)9-11-7-5-4-6-8-11/h4-8,12,16H,9-10H2,1-3H3,(H,15,17)/t12-/m1/s1. The molecule has 1 aromatic rings. The molecule has 1 rings (SSSR count). The first-order valence-electron chi connectivity index (χ1n) is 6.00. The molecule has 4 nitrogen and oxygen atoms in total. The van der Waals surface area contributed by atoms with Gasteiger partial charge in [-0.15, -0.1) is 0 Å². The Labute approximate surface area is 108 Å². The number of hydrogen-bond acceptors (Lipinski definition) is 3. The molecule has 0 aliphatic rings. The third-order valence-electron chi connectivity index (χ3n) is 2.94. The van der Waals surface area contributed by atoms with Crippen LogP contribution in [0.3, 0.4) is 0 Å². The van der Waals surface area contributed by atoms with Crippen molar-refractivity contribution in [3.63, 3.8) is 0 Å². The van der Waals surface area contributed by atoms with Crippen molar-refractivity contribution in [1.82, 2.24) is 5.32 Å². The van der Waals surface area contributed by atoms with E-state index in [1.54, 1.807) is 13.8 Å². The van der Waals surface area contributed by atoms with Crippen molar-refractivity contribution < 1.29 is 14.6 Å². The van der Waals surface area contributed by atoms with Crippen LogP contribution in [-0.4, -0.2) is 36.4 Å². The highest BCUT2D eigenvalue weighted by Crippen LogP contribution is 2.09. The Morgan fingerprint density at radius 1 is 1.39 bits per heavy atom. The van der Waals surface area contributed by atoms with Crippen molar-refractivity contribution in [3.8, 4) is 0 Å². The van der Waals surface area contributed by atoms with E-state index in [4.69, 9.17) is 4.74 Å². The quantitative estimate of drug-likeness (QED) is 0.797. The van der Waals surface area contributed by atoms with E-state index in [0.717, 1.165) is 5.56 Å². The average Bonchev–Trinajstić information content (AvgIpc) is 2.38. The van der Waals surface area contributed by atoms with Crippen LogP contribution in [0.2, 0.25) is 0 Å². The lowest BCUT2D eigenvalue weighted by Gasteiger charge is -2.25. The smallest absolute Gasteiger partial charge is 0.251 e. The molecule has 0 aliphatic carbocycles. The van der Waals surface area contributed by atoms with Gasteiger partial charge < -0.3 is 15.2 Å². The normalized spacial score (nSPS) is 13.1. The summed E-state index contributed by atoms with van der Waals surface area (Å²) in [5.41, 5.74) is 0.191. The number of benzene rings is 1. The Kier molecular flexibility index (Phi) is 5.31. The number of aliphatic hydroxyl groups is 1. The minimum absolute atomic E-state index is 0.0968. The molecule has 18 heavy (non-hydrogen) atoms. The zero-order valence-corrected chi connectivity index (χ0v) is 11.1. The molecule has 1 atom stereocenters. The van der Waals surface area contributed by atoms with E-state index in [2.05, 4.69) is 5.32 Å². The topological polar surface area (TPSA) is 58.6 Å². The lowest BCUT2D eigenvalue weighted by atomic mass is 10.0. The van der Waals surface area contributed by atoms with Gasteiger partial charge in [-0.25, -0.2) is 0 Å². The molecule has 1 aromatic carbocycles. The molecule has 0 aromatic heterocycles. The third-order valence-corrected chi connectivity index (χ3v) is 2.94. The number of hydrogen-bond donors (Lipinski definition) is 2. The SMILES string of the molecule is COC(C)(C)C(=O)N[C@@H](CO)Cc1ccccc1. The first-order chi connectivity index (χ1) is 8.49. The van der Waals surface area contributed by atoms with Crippen LogP contribution in [0.1, 0.15) is 19.4 Å². The van der Waals surface area contributed by atoms with E-state index in [-0.39, 0.29) is 18.6 Å². The van der Waals surface area contributed by atoms with Crippen LogP contribution in [0.5, 0.6) is 0 Å². The maximum atomic E-state index is 11.9. The number of methoxy groups -OCH3 is 1. The highest BCUT2D eigenvalue weighted by atomic mass is 16.5. The zero-order valence-electron chi connectivity index (χ0n) is 11.1. The molecule has 0 radical (unpaired) electrons. The lowest BCUT2D eigenvalue weighted by molar-refractivity contribution is -0.140. The fourth-order valence-corrected chi connectivity index (χ4v) is 1.51. The van der Waals surface area contributed by atoms with Gasteiger partial charge in [0.25, 0.3) is 5.91 Å².